The number of sulfonamides is 1. The summed E-state index contributed by atoms with van der Waals surface area (Å²) in [5.41, 5.74) is 2.13. The molecule has 10 nitrogen and oxygen atoms in total. The average Bonchev–Trinajstić information content (AvgIpc) is 3.67. The molecule has 0 radical (unpaired) electrons. The van der Waals surface area contributed by atoms with Gasteiger partial charge in [0, 0.05) is 37.6 Å². The van der Waals surface area contributed by atoms with Crippen molar-refractivity contribution >= 4 is 27.3 Å². The van der Waals surface area contributed by atoms with Gasteiger partial charge in [-0.15, -0.1) is 11.3 Å². The predicted molar refractivity (Wildman–Crippen MR) is 150 cm³/mol. The van der Waals surface area contributed by atoms with Gasteiger partial charge in [-0.05, 0) is 54.8 Å². The van der Waals surface area contributed by atoms with Crippen molar-refractivity contribution < 1.29 is 22.7 Å². The highest BCUT2D eigenvalue weighted by atomic mass is 32.2. The average molecular weight is 572 g/mol. The lowest BCUT2D eigenvalue weighted by molar-refractivity contribution is -0.146. The second-order valence-electron chi connectivity index (χ2n) is 9.06. The number of nitrogens with zero attached hydrogens (tertiary/aromatic N) is 3. The van der Waals surface area contributed by atoms with Crippen LogP contribution in [0.4, 0.5) is 0 Å². The van der Waals surface area contributed by atoms with Crippen molar-refractivity contribution in [1.29, 1.82) is 0 Å². The van der Waals surface area contributed by atoms with E-state index in [1.165, 1.54) is 27.8 Å². The topological polar surface area (TPSA) is 127 Å². The zero-order chi connectivity index (χ0) is 28.0. The maximum Gasteiger partial charge on any atom is 0.330 e. The molecule has 0 unspecified atom stereocenters. The number of rotatable bonds is 13. The number of ether oxygens (including phenoxy) is 2. The van der Waals surface area contributed by atoms with Crippen LogP contribution in [-0.2, 0) is 26.0 Å². The van der Waals surface area contributed by atoms with Crippen molar-refractivity contribution in [3.8, 4) is 16.3 Å². The maximum absolute atomic E-state index is 13.7. The SMILES string of the molecule is CN/C(=C\N(N)[C@@H](Cc1ccc(OC)cc1)C(=O)OC)CN(C1CC1)S(=O)(=O)c1ccc(-c2ccccn2)s1. The first kappa shape index (κ1) is 28.6. The fourth-order valence-electron chi connectivity index (χ4n) is 4.05. The summed E-state index contributed by atoms with van der Waals surface area (Å²) in [5, 5.41) is 4.32. The molecule has 0 spiro atoms. The summed E-state index contributed by atoms with van der Waals surface area (Å²) >= 11 is 1.19. The van der Waals surface area contributed by atoms with Gasteiger partial charge in [0.2, 0.25) is 0 Å². The Morgan fingerprint density at radius 3 is 2.51 bits per heavy atom. The van der Waals surface area contributed by atoms with E-state index >= 15 is 0 Å². The molecule has 0 amide bonds. The lowest BCUT2D eigenvalue weighted by Gasteiger charge is -2.27. The molecule has 3 N–H and O–H groups in total. The molecule has 2 aromatic heterocycles. The van der Waals surface area contributed by atoms with Crippen molar-refractivity contribution in [3.05, 3.63) is 78.3 Å². The standard InChI is InChI=1S/C27H33N5O5S2/c1-29-20(17-31(28)24(27(33)37-3)16-19-7-11-22(36-2)12-8-19)18-32(21-9-10-21)39(34,35)26-14-13-25(38-26)23-6-4-5-15-30-23/h4-8,11-15,17,21,24,29H,9-10,16,18,28H2,1-3H3/b20-17-/t24-/m0/s1. The Kier molecular flexibility index (Phi) is 9.23. The minimum atomic E-state index is -3.78. The first-order valence-electron chi connectivity index (χ1n) is 12.4. The minimum absolute atomic E-state index is 0.0739. The van der Waals surface area contributed by atoms with Crippen molar-refractivity contribution in [1.82, 2.24) is 19.6 Å². The van der Waals surface area contributed by atoms with Gasteiger partial charge in [-0.1, -0.05) is 18.2 Å². The summed E-state index contributed by atoms with van der Waals surface area (Å²) in [6.45, 7) is 0.0739. The monoisotopic (exact) mass is 571 g/mol. The van der Waals surface area contributed by atoms with E-state index in [2.05, 4.69) is 10.3 Å². The third kappa shape index (κ3) is 6.95. The lowest BCUT2D eigenvalue weighted by Crippen LogP contribution is -2.46. The first-order valence-corrected chi connectivity index (χ1v) is 14.7. The van der Waals surface area contributed by atoms with Gasteiger partial charge >= 0.3 is 5.97 Å². The van der Waals surface area contributed by atoms with Crippen LogP contribution in [0.2, 0.25) is 0 Å². The molecule has 1 atom stereocenters. The summed E-state index contributed by atoms with van der Waals surface area (Å²) in [6, 6.07) is 15.3. The van der Waals surface area contributed by atoms with Crippen molar-refractivity contribution in [3.63, 3.8) is 0 Å². The molecule has 0 saturated heterocycles. The van der Waals surface area contributed by atoms with Crippen LogP contribution in [0.5, 0.6) is 5.75 Å². The Morgan fingerprint density at radius 1 is 1.18 bits per heavy atom. The smallest absolute Gasteiger partial charge is 0.330 e. The minimum Gasteiger partial charge on any atom is -0.497 e. The van der Waals surface area contributed by atoms with Crippen molar-refractivity contribution in [2.24, 2.45) is 5.84 Å². The van der Waals surface area contributed by atoms with Crippen molar-refractivity contribution in [2.45, 2.75) is 35.6 Å². The van der Waals surface area contributed by atoms with Crippen LogP contribution in [0.25, 0.3) is 10.6 Å². The highest BCUT2D eigenvalue weighted by molar-refractivity contribution is 7.91. The molecule has 1 aliphatic rings. The maximum atomic E-state index is 13.7. The van der Waals surface area contributed by atoms with Crippen LogP contribution in [0, 0.1) is 0 Å². The largest absolute Gasteiger partial charge is 0.497 e. The van der Waals surface area contributed by atoms with E-state index in [1.54, 1.807) is 38.7 Å². The Labute approximate surface area is 233 Å². The summed E-state index contributed by atoms with van der Waals surface area (Å²) in [5.74, 6) is 6.54. The normalized spacial score (nSPS) is 14.6. The summed E-state index contributed by atoms with van der Waals surface area (Å²) in [6.07, 6.45) is 5.09. The molecule has 0 bridgehead atoms. The van der Waals surface area contributed by atoms with E-state index in [0.29, 0.717) is 11.4 Å². The Balaban J connectivity index is 1.55. The van der Waals surface area contributed by atoms with Crippen LogP contribution >= 0.6 is 11.3 Å². The molecule has 208 valence electrons. The summed E-state index contributed by atoms with van der Waals surface area (Å²) < 4.78 is 39.4. The number of likely N-dealkylation sites (N-methyl/N-ethyl adjacent to an activating group) is 1. The zero-order valence-corrected chi connectivity index (χ0v) is 23.7. The van der Waals surface area contributed by atoms with Crippen LogP contribution in [0.15, 0.2) is 76.9 Å². The molecule has 4 rings (SSSR count). The van der Waals surface area contributed by atoms with Crippen LogP contribution in [0.3, 0.4) is 0 Å². The molecular formula is C27H33N5O5S2. The molecular weight excluding hydrogens is 538 g/mol. The van der Waals surface area contributed by atoms with Gasteiger partial charge in [0.05, 0.1) is 31.3 Å². The number of hydrazine groups is 1. The number of benzene rings is 1. The molecule has 3 aromatic rings. The van der Waals surface area contributed by atoms with E-state index in [4.69, 9.17) is 15.3 Å². The number of nitrogens with one attached hydrogen (secondary N) is 1. The number of aromatic nitrogens is 1. The number of methoxy groups -OCH3 is 2. The molecule has 2 heterocycles. The third-order valence-corrected chi connectivity index (χ3v) is 9.86. The van der Waals surface area contributed by atoms with Crippen LogP contribution in [-0.4, -0.2) is 68.6 Å². The molecule has 1 aromatic carbocycles. The lowest BCUT2D eigenvalue weighted by atomic mass is 10.1. The zero-order valence-electron chi connectivity index (χ0n) is 22.1. The highest BCUT2D eigenvalue weighted by Gasteiger charge is 2.39. The Hall–Kier alpha value is -3.45. The molecule has 0 aliphatic heterocycles. The quantitative estimate of drug-likeness (QED) is 0.181. The number of hydrogen-bond donors (Lipinski definition) is 2. The van der Waals surface area contributed by atoms with Gasteiger partial charge < -0.3 is 19.8 Å². The number of nitrogens with two attached hydrogens (primary N) is 1. The summed E-state index contributed by atoms with van der Waals surface area (Å²) in [4.78, 5) is 17.7. The van der Waals surface area contributed by atoms with E-state index in [0.717, 1.165) is 29.0 Å². The molecule has 1 saturated carbocycles. The second kappa shape index (κ2) is 12.6. The molecule has 1 aliphatic carbocycles. The number of thiophene rings is 1. The predicted octanol–water partition coefficient (Wildman–Crippen LogP) is 2.99. The van der Waals surface area contributed by atoms with Crippen molar-refractivity contribution in [2.75, 3.05) is 27.8 Å². The second-order valence-corrected chi connectivity index (χ2v) is 12.3. The van der Waals surface area contributed by atoms with E-state index < -0.39 is 22.0 Å². The van der Waals surface area contributed by atoms with Gasteiger partial charge in [0.1, 0.15) is 16.0 Å². The fraction of sp³-hybridized carbons (Fsp3) is 0.333. The van der Waals surface area contributed by atoms with Crippen LogP contribution in [0.1, 0.15) is 18.4 Å². The third-order valence-electron chi connectivity index (χ3n) is 6.39. The van der Waals surface area contributed by atoms with E-state index in [-0.39, 0.29) is 23.2 Å². The van der Waals surface area contributed by atoms with Gasteiger partial charge in [0.15, 0.2) is 0 Å². The summed E-state index contributed by atoms with van der Waals surface area (Å²) in [7, 11) is 0.802. The number of pyridine rings is 1. The fourth-order valence-corrected chi connectivity index (χ4v) is 7.12. The van der Waals surface area contributed by atoms with Gasteiger partial charge in [-0.3, -0.25) is 4.98 Å². The molecule has 1 fully saturated rings. The van der Waals surface area contributed by atoms with Gasteiger partial charge in [0.25, 0.3) is 10.0 Å². The first-order chi connectivity index (χ1) is 18.8. The van der Waals surface area contributed by atoms with Gasteiger partial charge in [-0.25, -0.2) is 19.1 Å². The van der Waals surface area contributed by atoms with E-state index in [9.17, 15) is 13.2 Å². The number of hydrogen-bond acceptors (Lipinski definition) is 10. The number of carbonyl (C=O) groups excluding carboxylic acids is 1. The molecule has 12 heteroatoms. The highest BCUT2D eigenvalue weighted by Crippen LogP contribution is 2.36. The van der Waals surface area contributed by atoms with Crippen LogP contribution < -0.4 is 15.9 Å². The van der Waals surface area contributed by atoms with E-state index in [1.807, 2.05) is 42.5 Å². The Bertz CT molecular complexity index is 1390. The Morgan fingerprint density at radius 2 is 1.92 bits per heavy atom. The number of esters is 1. The molecule has 39 heavy (non-hydrogen) atoms. The number of carbonyl (C=O) groups is 1. The van der Waals surface area contributed by atoms with Gasteiger partial charge in [-0.2, -0.15) is 4.31 Å².